The molecule has 1 N–H and O–H groups in total. The lowest BCUT2D eigenvalue weighted by Gasteiger charge is -2.34. The van der Waals surface area contributed by atoms with Crippen molar-refractivity contribution in [3.05, 3.63) is 0 Å². The number of methoxy groups -OCH3 is 1. The normalized spacial score (nSPS) is 19.3. The zero-order valence-corrected chi connectivity index (χ0v) is 11.4. The summed E-state index contributed by atoms with van der Waals surface area (Å²) in [5.74, 6) is 0.705. The molecule has 0 aliphatic heterocycles. The van der Waals surface area contributed by atoms with Gasteiger partial charge in [-0.3, -0.25) is 4.79 Å². The molecule has 0 aromatic heterocycles. The molecule has 100 valence electrons. The molecular formula is C13H26N2O2. The smallest absolute Gasteiger partial charge is 0.246 e. The van der Waals surface area contributed by atoms with E-state index in [1.54, 1.807) is 7.11 Å². The molecule has 4 nitrogen and oxygen atoms in total. The number of amides is 1. The Labute approximate surface area is 105 Å². The number of ether oxygens (including phenoxy) is 1. The molecule has 1 aliphatic carbocycles. The van der Waals surface area contributed by atoms with Crippen LogP contribution in [-0.2, 0) is 9.53 Å². The first-order valence-electron chi connectivity index (χ1n) is 6.57. The molecule has 1 amide bonds. The molecule has 4 heteroatoms. The minimum absolute atomic E-state index is 0.0184. The Morgan fingerprint density at radius 2 is 2.00 bits per heavy atom. The molecule has 0 saturated heterocycles. The van der Waals surface area contributed by atoms with Gasteiger partial charge in [0, 0.05) is 19.7 Å². The number of nitrogens with zero attached hydrogens (tertiary/aromatic N) is 1. The van der Waals surface area contributed by atoms with Crippen LogP contribution < -0.4 is 5.32 Å². The van der Waals surface area contributed by atoms with Crippen molar-refractivity contribution >= 4 is 5.91 Å². The minimum atomic E-state index is -0.0184. The third kappa shape index (κ3) is 5.04. The second-order valence-corrected chi connectivity index (χ2v) is 5.17. The highest BCUT2D eigenvalue weighted by molar-refractivity contribution is 5.77. The van der Waals surface area contributed by atoms with Crippen LogP contribution in [0.4, 0.5) is 0 Å². The topological polar surface area (TPSA) is 41.6 Å². The second-order valence-electron chi connectivity index (χ2n) is 5.17. The van der Waals surface area contributed by atoms with Crippen LogP contribution in [-0.4, -0.2) is 51.2 Å². The second kappa shape index (κ2) is 7.67. The number of carbonyl (C=O) groups is 1. The predicted octanol–water partition coefficient (Wildman–Crippen LogP) is 1.26. The van der Waals surface area contributed by atoms with E-state index in [0.717, 1.165) is 12.5 Å². The summed E-state index contributed by atoms with van der Waals surface area (Å²) in [5, 5.41) is 2.96. The van der Waals surface area contributed by atoms with Crippen LogP contribution >= 0.6 is 0 Å². The van der Waals surface area contributed by atoms with Gasteiger partial charge in [0.25, 0.3) is 0 Å². The van der Waals surface area contributed by atoms with E-state index in [9.17, 15) is 4.79 Å². The quantitative estimate of drug-likeness (QED) is 0.762. The molecule has 17 heavy (non-hydrogen) atoms. The van der Waals surface area contributed by atoms with Crippen molar-refractivity contribution in [2.45, 2.75) is 38.1 Å². The number of rotatable bonds is 6. The fourth-order valence-electron chi connectivity index (χ4n) is 2.69. The summed E-state index contributed by atoms with van der Waals surface area (Å²) in [6.45, 7) is 0.894. The minimum Gasteiger partial charge on any atom is -0.375 e. The molecule has 0 radical (unpaired) electrons. The Hall–Kier alpha value is -0.610. The van der Waals surface area contributed by atoms with Gasteiger partial charge in [0.15, 0.2) is 0 Å². The fourth-order valence-corrected chi connectivity index (χ4v) is 2.69. The SMILES string of the molecule is COCC(=O)NC[C@H](C1CCCCC1)N(C)C. The molecule has 1 fully saturated rings. The summed E-state index contributed by atoms with van der Waals surface area (Å²) < 4.78 is 4.82. The van der Waals surface area contributed by atoms with Crippen LogP contribution in [0.15, 0.2) is 0 Å². The largest absolute Gasteiger partial charge is 0.375 e. The van der Waals surface area contributed by atoms with Gasteiger partial charge < -0.3 is 15.0 Å². The summed E-state index contributed by atoms with van der Waals surface area (Å²) in [4.78, 5) is 13.6. The lowest BCUT2D eigenvalue weighted by molar-refractivity contribution is -0.125. The van der Waals surface area contributed by atoms with Gasteiger partial charge >= 0.3 is 0 Å². The van der Waals surface area contributed by atoms with Crippen LogP contribution in [0.25, 0.3) is 0 Å². The molecule has 1 aliphatic rings. The first-order chi connectivity index (χ1) is 8.15. The summed E-state index contributed by atoms with van der Waals surface area (Å²) in [6, 6.07) is 0.455. The molecule has 0 aromatic rings. The zero-order chi connectivity index (χ0) is 12.7. The summed E-state index contributed by atoms with van der Waals surface area (Å²) in [7, 11) is 5.74. The zero-order valence-electron chi connectivity index (χ0n) is 11.4. The van der Waals surface area contributed by atoms with Crippen molar-refractivity contribution in [1.82, 2.24) is 10.2 Å². The van der Waals surface area contributed by atoms with E-state index in [0.29, 0.717) is 6.04 Å². The highest BCUT2D eigenvalue weighted by atomic mass is 16.5. The van der Waals surface area contributed by atoms with E-state index >= 15 is 0 Å². The van der Waals surface area contributed by atoms with Crippen LogP contribution in [0.3, 0.4) is 0 Å². The molecule has 0 heterocycles. The molecule has 0 spiro atoms. The Kier molecular flexibility index (Phi) is 6.52. The summed E-state index contributed by atoms with van der Waals surface area (Å²) in [5.41, 5.74) is 0. The van der Waals surface area contributed by atoms with Crippen LogP contribution in [0, 0.1) is 5.92 Å². The molecule has 0 unspecified atom stereocenters. The lowest BCUT2D eigenvalue weighted by Crippen LogP contribution is -2.46. The maximum atomic E-state index is 11.4. The van der Waals surface area contributed by atoms with Crippen molar-refractivity contribution in [3.8, 4) is 0 Å². The first kappa shape index (κ1) is 14.5. The fraction of sp³-hybridized carbons (Fsp3) is 0.923. The number of nitrogens with one attached hydrogen (secondary N) is 1. The van der Waals surface area contributed by atoms with Gasteiger partial charge in [0.2, 0.25) is 5.91 Å². The summed E-state index contributed by atoms with van der Waals surface area (Å²) in [6.07, 6.45) is 6.63. The Bertz CT molecular complexity index is 225. The standard InChI is InChI=1S/C13H26N2O2/c1-15(2)12(9-14-13(16)10-17-3)11-7-5-4-6-8-11/h11-12H,4-10H2,1-3H3,(H,14,16)/t12-/m1/s1. The first-order valence-corrected chi connectivity index (χ1v) is 6.57. The van der Waals surface area contributed by atoms with Crippen molar-refractivity contribution in [2.75, 3.05) is 34.4 Å². The van der Waals surface area contributed by atoms with E-state index < -0.39 is 0 Å². The summed E-state index contributed by atoms with van der Waals surface area (Å²) >= 11 is 0. The van der Waals surface area contributed by atoms with Crippen molar-refractivity contribution in [3.63, 3.8) is 0 Å². The van der Waals surface area contributed by atoms with Gasteiger partial charge in [0.1, 0.15) is 6.61 Å². The average molecular weight is 242 g/mol. The average Bonchev–Trinajstić information content (AvgIpc) is 2.30. The number of hydrogen-bond acceptors (Lipinski definition) is 3. The van der Waals surface area contributed by atoms with Gasteiger partial charge in [-0.25, -0.2) is 0 Å². The highest BCUT2D eigenvalue weighted by Crippen LogP contribution is 2.27. The van der Waals surface area contributed by atoms with Crippen LogP contribution in [0.5, 0.6) is 0 Å². The van der Waals surface area contributed by atoms with Gasteiger partial charge in [-0.1, -0.05) is 19.3 Å². The Morgan fingerprint density at radius 1 is 1.35 bits per heavy atom. The lowest BCUT2D eigenvalue weighted by atomic mass is 9.83. The van der Waals surface area contributed by atoms with E-state index in [4.69, 9.17) is 4.74 Å². The molecule has 1 saturated carbocycles. The van der Waals surface area contributed by atoms with Crippen molar-refractivity contribution in [1.29, 1.82) is 0 Å². The maximum absolute atomic E-state index is 11.4. The van der Waals surface area contributed by atoms with Crippen molar-refractivity contribution in [2.24, 2.45) is 5.92 Å². The molecule has 0 bridgehead atoms. The van der Waals surface area contributed by atoms with Gasteiger partial charge in [-0.15, -0.1) is 0 Å². The third-order valence-electron chi connectivity index (χ3n) is 3.64. The Balaban J connectivity index is 2.39. The van der Waals surface area contributed by atoms with Gasteiger partial charge in [-0.2, -0.15) is 0 Å². The molecule has 1 atom stereocenters. The number of carbonyl (C=O) groups excluding carboxylic acids is 1. The van der Waals surface area contributed by atoms with Gasteiger partial charge in [-0.05, 0) is 32.9 Å². The highest BCUT2D eigenvalue weighted by Gasteiger charge is 2.25. The van der Waals surface area contributed by atoms with E-state index in [1.807, 2.05) is 0 Å². The predicted molar refractivity (Wildman–Crippen MR) is 68.9 cm³/mol. The van der Waals surface area contributed by atoms with E-state index in [1.165, 1.54) is 32.1 Å². The molecule has 1 rings (SSSR count). The van der Waals surface area contributed by atoms with Gasteiger partial charge in [0.05, 0.1) is 0 Å². The molecule has 0 aromatic carbocycles. The number of hydrogen-bond donors (Lipinski definition) is 1. The molecular weight excluding hydrogens is 216 g/mol. The maximum Gasteiger partial charge on any atom is 0.246 e. The monoisotopic (exact) mass is 242 g/mol. The van der Waals surface area contributed by atoms with Crippen LogP contribution in [0.1, 0.15) is 32.1 Å². The number of likely N-dealkylation sites (N-methyl/N-ethyl adjacent to an activating group) is 1. The van der Waals surface area contributed by atoms with E-state index in [-0.39, 0.29) is 12.5 Å². The van der Waals surface area contributed by atoms with Crippen LogP contribution in [0.2, 0.25) is 0 Å². The Morgan fingerprint density at radius 3 is 2.53 bits per heavy atom. The van der Waals surface area contributed by atoms with E-state index in [2.05, 4.69) is 24.3 Å². The third-order valence-corrected chi connectivity index (χ3v) is 3.64. The van der Waals surface area contributed by atoms with Crippen molar-refractivity contribution < 1.29 is 9.53 Å².